The third-order valence-corrected chi connectivity index (χ3v) is 11.4. The van der Waals surface area contributed by atoms with E-state index in [9.17, 15) is 15.8 Å². The van der Waals surface area contributed by atoms with Crippen LogP contribution in [0.3, 0.4) is 0 Å². The molecule has 0 bridgehead atoms. The van der Waals surface area contributed by atoms with Gasteiger partial charge >= 0.3 is 0 Å². The van der Waals surface area contributed by atoms with Gasteiger partial charge in [0, 0.05) is 47.3 Å². The lowest BCUT2D eigenvalue weighted by atomic mass is 9.91. The van der Waals surface area contributed by atoms with Crippen molar-refractivity contribution in [1.82, 2.24) is 9.13 Å². The lowest BCUT2D eigenvalue weighted by Gasteiger charge is -2.19. The zero-order valence-electron chi connectivity index (χ0n) is 27.8. The summed E-state index contributed by atoms with van der Waals surface area (Å²) >= 11 is 1.77. The highest BCUT2D eigenvalue weighted by molar-refractivity contribution is 7.26. The van der Waals surface area contributed by atoms with Gasteiger partial charge in [0.05, 0.1) is 62.8 Å². The second kappa shape index (κ2) is 11.4. The highest BCUT2D eigenvalue weighted by Crippen LogP contribution is 2.46. The lowest BCUT2D eigenvalue weighted by Crippen LogP contribution is -2.03. The van der Waals surface area contributed by atoms with Crippen LogP contribution in [0, 0.1) is 40.6 Å². The molecule has 10 rings (SSSR count). The standard InChI is InChI=1S/C46H22N6S/c1-50-35-23-28(24-47)34(26-49)43(46(35)52-37-14-6-2-10-30(37)31-11-3-7-15-38(31)52)27-18-19-36(29(22-27)25-48)51-39-16-8-4-12-32(39)44-40(51)20-21-42-45(44)33-13-5-9-17-41(33)53-42/h2-23H. The molecule has 3 heterocycles. The fourth-order valence-corrected chi connectivity index (χ4v) is 9.24. The van der Waals surface area contributed by atoms with Crippen molar-refractivity contribution in [3.05, 3.63) is 162 Å². The molecule has 0 spiro atoms. The molecule has 0 atom stereocenters. The van der Waals surface area contributed by atoms with Gasteiger partial charge in [0.25, 0.3) is 0 Å². The number of aromatic nitrogens is 2. The molecule has 10 aromatic rings. The Labute approximate surface area is 306 Å². The van der Waals surface area contributed by atoms with Crippen LogP contribution >= 0.6 is 11.3 Å². The molecule has 0 N–H and O–H groups in total. The first-order valence-corrected chi connectivity index (χ1v) is 17.7. The molecule has 7 heteroatoms. The Balaban J connectivity index is 1.30. The first-order valence-electron chi connectivity index (χ1n) is 16.9. The second-order valence-electron chi connectivity index (χ2n) is 12.9. The van der Waals surface area contributed by atoms with Gasteiger partial charge in [0.1, 0.15) is 12.1 Å². The Hall–Kier alpha value is -7.68. The zero-order chi connectivity index (χ0) is 35.8. The van der Waals surface area contributed by atoms with Crippen LogP contribution in [-0.4, -0.2) is 9.13 Å². The van der Waals surface area contributed by atoms with Crippen molar-refractivity contribution < 1.29 is 0 Å². The van der Waals surface area contributed by atoms with Crippen molar-refractivity contribution in [1.29, 1.82) is 15.8 Å². The number of nitrogens with zero attached hydrogens (tertiary/aromatic N) is 6. The number of fused-ring (bicyclic) bond motifs is 10. The third kappa shape index (κ3) is 4.15. The minimum absolute atomic E-state index is 0.106. The molecule has 0 aliphatic rings. The quantitative estimate of drug-likeness (QED) is 0.173. The summed E-state index contributed by atoms with van der Waals surface area (Å²) in [4.78, 5) is 3.92. The zero-order valence-corrected chi connectivity index (χ0v) is 28.6. The molecule has 0 aliphatic carbocycles. The maximum absolute atomic E-state index is 10.8. The van der Waals surface area contributed by atoms with Gasteiger partial charge < -0.3 is 9.13 Å². The van der Waals surface area contributed by atoms with Gasteiger partial charge in [0.15, 0.2) is 0 Å². The molecular formula is C46H22N6S. The predicted molar refractivity (Wildman–Crippen MR) is 214 cm³/mol. The number of rotatable bonds is 3. The Bertz CT molecular complexity index is 3350. The minimum Gasteiger partial charge on any atom is -0.318 e. The smallest absolute Gasteiger partial charge is 0.212 e. The number of thiophene rings is 1. The highest BCUT2D eigenvalue weighted by atomic mass is 32.1. The maximum atomic E-state index is 10.8. The van der Waals surface area contributed by atoms with Gasteiger partial charge in [-0.2, -0.15) is 15.8 Å². The fraction of sp³-hybridized carbons (Fsp3) is 0. The average Bonchev–Trinajstić information content (AvgIpc) is 3.87. The van der Waals surface area contributed by atoms with Gasteiger partial charge in [-0.25, -0.2) is 4.85 Å². The van der Waals surface area contributed by atoms with E-state index in [0.717, 1.165) is 43.6 Å². The Kier molecular flexibility index (Phi) is 6.50. The van der Waals surface area contributed by atoms with E-state index in [2.05, 4.69) is 76.2 Å². The molecule has 3 aromatic heterocycles. The summed E-state index contributed by atoms with van der Waals surface area (Å²) in [6.45, 7) is 8.28. The first kappa shape index (κ1) is 30.2. The molecule has 0 saturated heterocycles. The molecule has 0 fully saturated rings. The van der Waals surface area contributed by atoms with Crippen molar-refractivity contribution in [3.8, 4) is 40.7 Å². The number of hydrogen-bond acceptors (Lipinski definition) is 4. The van der Waals surface area contributed by atoms with Crippen LogP contribution < -0.4 is 0 Å². The van der Waals surface area contributed by atoms with Crippen LogP contribution in [0.5, 0.6) is 0 Å². The SMILES string of the molecule is [C-]#[N+]c1cc(C#N)c(C#N)c(-c2ccc(-n3c4ccccc4c4c5c(ccc43)sc3ccccc35)c(C#N)c2)c1-n1c2ccccc2c2ccccc21. The largest absolute Gasteiger partial charge is 0.318 e. The topological polar surface area (TPSA) is 85.6 Å². The summed E-state index contributed by atoms with van der Waals surface area (Å²) in [6.07, 6.45) is 0. The van der Waals surface area contributed by atoms with Crippen molar-refractivity contribution in [3.63, 3.8) is 0 Å². The summed E-state index contributed by atoms with van der Waals surface area (Å²) in [5, 5.41) is 38.4. The average molecular weight is 691 g/mol. The molecule has 0 amide bonds. The molecule has 0 radical (unpaired) electrons. The number of benzene rings is 7. The third-order valence-electron chi connectivity index (χ3n) is 10.3. The van der Waals surface area contributed by atoms with Gasteiger partial charge in [0.2, 0.25) is 5.69 Å². The molecule has 0 aliphatic heterocycles. The fourth-order valence-electron chi connectivity index (χ4n) is 8.13. The number of para-hydroxylation sites is 3. The van der Waals surface area contributed by atoms with Crippen molar-refractivity contribution >= 4 is 80.8 Å². The Morgan fingerprint density at radius 2 is 1.15 bits per heavy atom. The van der Waals surface area contributed by atoms with Crippen molar-refractivity contribution in [2.75, 3.05) is 0 Å². The maximum Gasteiger partial charge on any atom is 0.212 e. The summed E-state index contributed by atoms with van der Waals surface area (Å²) in [5.74, 6) is 0. The van der Waals surface area contributed by atoms with Crippen molar-refractivity contribution in [2.45, 2.75) is 0 Å². The summed E-state index contributed by atoms with van der Waals surface area (Å²) in [7, 11) is 0. The highest BCUT2D eigenvalue weighted by Gasteiger charge is 2.26. The van der Waals surface area contributed by atoms with Crippen LogP contribution in [0.25, 0.3) is 91.1 Å². The number of nitriles is 3. The van der Waals surface area contributed by atoms with E-state index in [1.54, 1.807) is 17.4 Å². The summed E-state index contributed by atoms with van der Waals surface area (Å²) in [5.41, 5.74) is 6.75. The minimum atomic E-state index is 0.106. The molecule has 0 saturated carbocycles. The Morgan fingerprint density at radius 1 is 0.528 bits per heavy atom. The van der Waals surface area contributed by atoms with Crippen LogP contribution in [0.15, 0.2) is 133 Å². The monoisotopic (exact) mass is 690 g/mol. The van der Waals surface area contributed by atoms with Crippen molar-refractivity contribution in [2.24, 2.45) is 0 Å². The molecule has 0 unspecified atom stereocenters. The van der Waals surface area contributed by atoms with Gasteiger partial charge in [-0.15, -0.1) is 11.3 Å². The Morgan fingerprint density at radius 3 is 1.81 bits per heavy atom. The van der Waals surface area contributed by atoms with Crippen LogP contribution in [0.4, 0.5) is 5.69 Å². The van der Waals surface area contributed by atoms with Gasteiger partial charge in [-0.05, 0) is 60.2 Å². The van der Waals surface area contributed by atoms with E-state index < -0.39 is 0 Å². The van der Waals surface area contributed by atoms with E-state index in [-0.39, 0.29) is 16.8 Å². The molecule has 6 nitrogen and oxygen atoms in total. The van der Waals surface area contributed by atoms with Crippen LogP contribution in [-0.2, 0) is 0 Å². The van der Waals surface area contributed by atoms with E-state index in [0.29, 0.717) is 28.1 Å². The van der Waals surface area contributed by atoms with E-state index >= 15 is 0 Å². The second-order valence-corrected chi connectivity index (χ2v) is 14.0. The summed E-state index contributed by atoms with van der Waals surface area (Å²) in [6, 6.07) is 51.0. The molecule has 53 heavy (non-hydrogen) atoms. The molecule has 7 aromatic carbocycles. The van der Waals surface area contributed by atoms with Crippen LogP contribution in [0.1, 0.15) is 16.7 Å². The normalized spacial score (nSPS) is 11.3. The predicted octanol–water partition coefficient (Wildman–Crippen LogP) is 12.1. The van der Waals surface area contributed by atoms with Gasteiger partial charge in [-0.1, -0.05) is 78.9 Å². The van der Waals surface area contributed by atoms with E-state index in [1.807, 2.05) is 77.4 Å². The summed E-state index contributed by atoms with van der Waals surface area (Å²) < 4.78 is 6.58. The van der Waals surface area contributed by atoms with Gasteiger partial charge in [-0.3, -0.25) is 0 Å². The molecular weight excluding hydrogens is 669 g/mol. The lowest BCUT2D eigenvalue weighted by molar-refractivity contribution is 1.16. The van der Waals surface area contributed by atoms with Crippen LogP contribution in [0.2, 0.25) is 0 Å². The van der Waals surface area contributed by atoms with E-state index in [1.165, 1.54) is 26.2 Å². The first-order chi connectivity index (χ1) is 26.1. The molecule has 242 valence electrons. The van der Waals surface area contributed by atoms with E-state index in [4.69, 9.17) is 6.57 Å². The number of hydrogen-bond donors (Lipinski definition) is 0.